The van der Waals surface area contributed by atoms with Crippen LogP contribution in [0.4, 0.5) is 0 Å². The molecule has 3 amide bonds. The van der Waals surface area contributed by atoms with E-state index in [1.165, 1.54) is 0 Å². The van der Waals surface area contributed by atoms with Crippen molar-refractivity contribution in [2.75, 3.05) is 26.2 Å². The topological polar surface area (TPSA) is 204 Å². The summed E-state index contributed by atoms with van der Waals surface area (Å²) in [6.07, 6.45) is 5.27. The maximum atomic E-state index is 12.9. The Kier molecular flexibility index (Phi) is 16.8. The number of rotatable bonds is 18. The van der Waals surface area contributed by atoms with Gasteiger partial charge in [0.2, 0.25) is 17.7 Å². The van der Waals surface area contributed by atoms with Crippen molar-refractivity contribution >= 4 is 23.7 Å². The highest BCUT2D eigenvalue weighted by molar-refractivity contribution is 5.92. The summed E-state index contributed by atoms with van der Waals surface area (Å²) in [6, 6.07) is -1.40. The van der Waals surface area contributed by atoms with Crippen LogP contribution in [0.5, 0.6) is 0 Å². The van der Waals surface area contributed by atoms with Gasteiger partial charge in [0.15, 0.2) is 5.96 Å². The molecule has 11 N–H and O–H groups in total. The van der Waals surface area contributed by atoms with Crippen molar-refractivity contribution < 1.29 is 14.4 Å². The molecule has 32 heavy (non-hydrogen) atoms. The van der Waals surface area contributed by atoms with Gasteiger partial charge >= 0.3 is 0 Å². The van der Waals surface area contributed by atoms with Crippen LogP contribution >= 0.6 is 0 Å². The van der Waals surface area contributed by atoms with Gasteiger partial charge in [-0.05, 0) is 64.5 Å². The molecule has 0 rings (SSSR count). The number of aliphatic imine (C=N–C) groups is 1. The number of nitrogens with two attached hydrogens (primary N) is 4. The van der Waals surface area contributed by atoms with Crippen LogP contribution in [-0.4, -0.2) is 61.9 Å². The van der Waals surface area contributed by atoms with Crippen molar-refractivity contribution in [3.05, 3.63) is 0 Å². The first-order valence-electron chi connectivity index (χ1n) is 11.6. The summed E-state index contributed by atoms with van der Waals surface area (Å²) in [6.45, 7) is 5.50. The Bertz CT molecular complexity index is 579. The van der Waals surface area contributed by atoms with Gasteiger partial charge < -0.3 is 38.9 Å². The molecule has 0 saturated heterocycles. The maximum absolute atomic E-state index is 12.9. The van der Waals surface area contributed by atoms with Crippen molar-refractivity contribution in [3.63, 3.8) is 0 Å². The molecule has 0 unspecified atom stereocenters. The van der Waals surface area contributed by atoms with Gasteiger partial charge in [-0.15, -0.1) is 0 Å². The molecule has 0 aliphatic carbocycles. The molecule has 0 aromatic heterocycles. The Labute approximate surface area is 191 Å². The largest absolute Gasteiger partial charge is 0.370 e. The standard InChI is InChI=1S/C21H44N8O3/c1-15(2)18(30)28-17(10-4-6-12-23)20(32)29-16(9-3-5-11-22)19(31)26-13-7-8-14-27-21(24)25/h15-17H,3-14,22-23H2,1-2H3,(H,26,31)(H,28,30)(H,29,32)(H4,24,25,27)/t16-,17-/m0/s1. The zero-order valence-electron chi connectivity index (χ0n) is 19.7. The van der Waals surface area contributed by atoms with E-state index in [1.54, 1.807) is 13.8 Å². The second-order valence-electron chi connectivity index (χ2n) is 8.15. The molecule has 0 spiro atoms. The summed E-state index contributed by atoms with van der Waals surface area (Å²) < 4.78 is 0. The summed E-state index contributed by atoms with van der Waals surface area (Å²) in [4.78, 5) is 41.7. The van der Waals surface area contributed by atoms with Crippen LogP contribution in [0.2, 0.25) is 0 Å². The molecule has 0 aromatic rings. The monoisotopic (exact) mass is 456 g/mol. The van der Waals surface area contributed by atoms with Gasteiger partial charge in [-0.1, -0.05) is 13.8 Å². The Morgan fingerprint density at radius 3 is 1.78 bits per heavy atom. The fraction of sp³-hybridized carbons (Fsp3) is 0.810. The molecule has 0 bridgehead atoms. The van der Waals surface area contributed by atoms with Crippen LogP contribution in [0.25, 0.3) is 0 Å². The summed E-state index contributed by atoms with van der Waals surface area (Å²) in [5.41, 5.74) is 21.7. The van der Waals surface area contributed by atoms with Crippen molar-refractivity contribution in [3.8, 4) is 0 Å². The average molecular weight is 457 g/mol. The predicted octanol–water partition coefficient (Wildman–Crippen LogP) is -0.960. The maximum Gasteiger partial charge on any atom is 0.243 e. The minimum Gasteiger partial charge on any atom is -0.370 e. The number of hydrogen-bond acceptors (Lipinski definition) is 6. The second kappa shape index (κ2) is 18.2. The van der Waals surface area contributed by atoms with E-state index in [0.717, 1.165) is 19.3 Å². The highest BCUT2D eigenvalue weighted by Gasteiger charge is 2.26. The van der Waals surface area contributed by atoms with Gasteiger partial charge in [0, 0.05) is 19.0 Å². The van der Waals surface area contributed by atoms with Crippen LogP contribution < -0.4 is 38.9 Å². The van der Waals surface area contributed by atoms with E-state index in [-0.39, 0.29) is 29.6 Å². The molecule has 0 aliphatic heterocycles. The van der Waals surface area contributed by atoms with Crippen LogP contribution in [0, 0.1) is 5.92 Å². The minimum absolute atomic E-state index is 0.0438. The van der Waals surface area contributed by atoms with E-state index in [4.69, 9.17) is 22.9 Å². The van der Waals surface area contributed by atoms with Crippen molar-refractivity contribution in [1.29, 1.82) is 0 Å². The van der Waals surface area contributed by atoms with E-state index in [2.05, 4.69) is 20.9 Å². The lowest BCUT2D eigenvalue weighted by molar-refractivity contribution is -0.133. The van der Waals surface area contributed by atoms with Crippen molar-refractivity contribution in [1.82, 2.24) is 16.0 Å². The van der Waals surface area contributed by atoms with Gasteiger partial charge in [0.05, 0.1) is 0 Å². The zero-order valence-corrected chi connectivity index (χ0v) is 19.7. The van der Waals surface area contributed by atoms with E-state index in [1.807, 2.05) is 0 Å². The molecule has 0 saturated carbocycles. The number of carbonyl (C=O) groups is 3. The van der Waals surface area contributed by atoms with Crippen LogP contribution in [0.3, 0.4) is 0 Å². The number of nitrogens with one attached hydrogen (secondary N) is 3. The van der Waals surface area contributed by atoms with E-state index in [0.29, 0.717) is 58.3 Å². The molecule has 0 aromatic carbocycles. The summed E-state index contributed by atoms with van der Waals surface area (Å²) in [5.74, 6) is -1.03. The predicted molar refractivity (Wildman–Crippen MR) is 127 cm³/mol. The third-order valence-corrected chi connectivity index (χ3v) is 4.86. The molecular weight excluding hydrogens is 412 g/mol. The number of nitrogens with zero attached hydrogens (tertiary/aromatic N) is 1. The SMILES string of the molecule is CC(C)C(=O)N[C@@H](CCCCN)C(=O)N[C@@H](CCCCN)C(=O)NCCCCN=C(N)N. The van der Waals surface area contributed by atoms with Crippen LogP contribution in [-0.2, 0) is 14.4 Å². The van der Waals surface area contributed by atoms with Crippen LogP contribution in [0.15, 0.2) is 4.99 Å². The van der Waals surface area contributed by atoms with Crippen molar-refractivity contribution in [2.45, 2.75) is 77.3 Å². The smallest absolute Gasteiger partial charge is 0.243 e. The van der Waals surface area contributed by atoms with E-state index < -0.39 is 12.1 Å². The van der Waals surface area contributed by atoms with Crippen molar-refractivity contribution in [2.24, 2.45) is 33.8 Å². The first-order valence-corrected chi connectivity index (χ1v) is 11.6. The molecule has 0 fully saturated rings. The molecule has 11 heteroatoms. The van der Waals surface area contributed by atoms with Gasteiger partial charge in [0.25, 0.3) is 0 Å². The Morgan fingerprint density at radius 1 is 0.750 bits per heavy atom. The number of guanidine groups is 1. The first kappa shape index (κ1) is 29.6. The van der Waals surface area contributed by atoms with E-state index >= 15 is 0 Å². The summed E-state index contributed by atoms with van der Waals surface area (Å²) >= 11 is 0. The van der Waals surface area contributed by atoms with Gasteiger partial charge in [-0.25, -0.2) is 0 Å². The number of hydrogen-bond donors (Lipinski definition) is 7. The van der Waals surface area contributed by atoms with Gasteiger partial charge in [0.1, 0.15) is 12.1 Å². The first-order chi connectivity index (χ1) is 15.2. The van der Waals surface area contributed by atoms with E-state index in [9.17, 15) is 14.4 Å². The fourth-order valence-corrected chi connectivity index (χ4v) is 2.91. The number of amides is 3. The molecule has 0 aliphatic rings. The molecule has 0 heterocycles. The third-order valence-electron chi connectivity index (χ3n) is 4.86. The number of carbonyl (C=O) groups excluding carboxylic acids is 3. The Hall–Kier alpha value is -2.40. The Balaban J connectivity index is 4.94. The molecule has 186 valence electrons. The second-order valence-corrected chi connectivity index (χ2v) is 8.15. The third kappa shape index (κ3) is 14.6. The Morgan fingerprint density at radius 2 is 1.28 bits per heavy atom. The normalized spacial score (nSPS) is 12.7. The molecule has 0 radical (unpaired) electrons. The van der Waals surface area contributed by atoms with Gasteiger partial charge in [-0.3, -0.25) is 19.4 Å². The fourth-order valence-electron chi connectivity index (χ4n) is 2.91. The summed E-state index contributed by atoms with van der Waals surface area (Å²) in [7, 11) is 0. The molecule has 11 nitrogen and oxygen atoms in total. The average Bonchev–Trinajstić information content (AvgIpc) is 2.74. The quantitative estimate of drug-likeness (QED) is 0.0780. The summed E-state index contributed by atoms with van der Waals surface area (Å²) in [5, 5.41) is 8.46. The lowest BCUT2D eigenvalue weighted by atomic mass is 10.0. The van der Waals surface area contributed by atoms with Crippen LogP contribution in [0.1, 0.15) is 65.2 Å². The highest BCUT2D eigenvalue weighted by Crippen LogP contribution is 2.06. The van der Waals surface area contributed by atoms with Gasteiger partial charge in [-0.2, -0.15) is 0 Å². The minimum atomic E-state index is -0.708. The lowest BCUT2D eigenvalue weighted by Crippen LogP contribution is -2.54. The molecule has 2 atom stereocenters. The highest BCUT2D eigenvalue weighted by atomic mass is 16.2. The lowest BCUT2D eigenvalue weighted by Gasteiger charge is -2.24. The molecular formula is C21H44N8O3. The number of unbranched alkanes of at least 4 members (excludes halogenated alkanes) is 3. The zero-order chi connectivity index (χ0) is 24.4.